The van der Waals surface area contributed by atoms with Crippen LogP contribution in [-0.2, 0) is 5.41 Å². The van der Waals surface area contributed by atoms with Crippen LogP contribution in [0, 0.1) is 0 Å². The number of nitrogens with zero attached hydrogens (tertiary/aromatic N) is 7. The first-order valence-corrected chi connectivity index (χ1v) is 44.2. The lowest BCUT2D eigenvalue weighted by molar-refractivity contribution is 0.415. The highest BCUT2D eigenvalue weighted by Gasteiger charge is 2.28. The molecule has 13 heteroatoms. The summed E-state index contributed by atoms with van der Waals surface area (Å²) < 4.78 is 24.2. The molecule has 600 valence electrons. The lowest BCUT2D eigenvalue weighted by Gasteiger charge is -2.28. The monoisotopic (exact) mass is 1670 g/mol. The number of anilines is 12. The van der Waals surface area contributed by atoms with Crippen LogP contribution in [0.15, 0.2) is 416 Å². The van der Waals surface area contributed by atoms with Crippen LogP contribution in [0.4, 0.5) is 68.2 Å². The van der Waals surface area contributed by atoms with Crippen molar-refractivity contribution in [3.8, 4) is 61.5 Å². The van der Waals surface area contributed by atoms with Gasteiger partial charge in [-0.05, 0) is 269 Å². The number of benzene rings is 17. The third-order valence-corrected chi connectivity index (χ3v) is 26.4. The van der Waals surface area contributed by atoms with Crippen LogP contribution < -0.4 is 24.3 Å². The molecule has 0 unspecified atom stereocenters. The van der Waals surface area contributed by atoms with E-state index in [4.69, 9.17) is 28.5 Å². The van der Waals surface area contributed by atoms with Crippen molar-refractivity contribution >= 4 is 181 Å². The van der Waals surface area contributed by atoms with E-state index in [1.54, 1.807) is 18.4 Å². The maximum atomic E-state index is 6.27. The van der Waals surface area contributed by atoms with Crippen molar-refractivity contribution in [2.24, 2.45) is 0 Å². The van der Waals surface area contributed by atoms with Gasteiger partial charge in [-0.1, -0.05) is 197 Å². The van der Waals surface area contributed by atoms with Crippen LogP contribution in [0.25, 0.3) is 135 Å². The zero-order chi connectivity index (χ0) is 84.1. The summed E-state index contributed by atoms with van der Waals surface area (Å²) in [5.74, 6) is 2.04. The minimum Gasteiger partial charge on any atom is -0.497 e. The van der Waals surface area contributed by atoms with E-state index in [9.17, 15) is 0 Å². The average Bonchev–Trinajstić information content (AvgIpc) is 1.59. The number of thiophene rings is 2. The molecule has 0 aliphatic heterocycles. The summed E-state index contributed by atoms with van der Waals surface area (Å²) in [6, 6.07) is 141. The Morgan fingerprint density at radius 3 is 1.30 bits per heavy atom. The summed E-state index contributed by atoms with van der Waals surface area (Å²) in [6.45, 7) is 11.0. The molecule has 0 radical (unpaired) electrons. The van der Waals surface area contributed by atoms with Crippen LogP contribution in [0.2, 0.25) is 0 Å². The van der Waals surface area contributed by atoms with Crippen molar-refractivity contribution in [3.63, 3.8) is 0 Å². The van der Waals surface area contributed by atoms with Gasteiger partial charge in [0, 0.05) is 126 Å². The Bertz CT molecular complexity index is 7630. The van der Waals surface area contributed by atoms with Gasteiger partial charge in [-0.15, -0.1) is 34.0 Å². The van der Waals surface area contributed by atoms with Crippen molar-refractivity contribution in [1.82, 2.24) is 15.0 Å². The average molecular weight is 1670 g/mol. The molecule has 0 aliphatic rings. The molecule has 0 saturated heterocycles. The van der Waals surface area contributed by atoms with E-state index in [0.29, 0.717) is 11.8 Å². The van der Waals surface area contributed by atoms with Gasteiger partial charge in [0.2, 0.25) is 11.8 Å². The van der Waals surface area contributed by atoms with Crippen LogP contribution in [0.3, 0.4) is 0 Å². The molecule has 17 aromatic carbocycles. The first kappa shape index (κ1) is 77.1. The highest BCUT2D eigenvalue weighted by molar-refractivity contribution is 7.26. The summed E-state index contributed by atoms with van der Waals surface area (Å²) in [4.78, 5) is 23.8. The van der Waals surface area contributed by atoms with Crippen molar-refractivity contribution in [2.45, 2.75) is 26.2 Å². The lowest BCUT2D eigenvalue weighted by atomic mass is 9.85. The highest BCUT2D eigenvalue weighted by atomic mass is 32.1. The molecule has 5 aromatic heterocycles. The van der Waals surface area contributed by atoms with E-state index in [1.807, 2.05) is 102 Å². The second-order valence-corrected chi connectivity index (χ2v) is 35.1. The molecule has 0 N–H and O–H groups in total. The third kappa shape index (κ3) is 15.2. The molecule has 0 bridgehead atoms. The van der Waals surface area contributed by atoms with Gasteiger partial charge in [0.15, 0.2) is 11.2 Å². The van der Waals surface area contributed by atoms with Crippen LogP contribution in [-0.4, -0.2) is 22.1 Å². The van der Waals surface area contributed by atoms with Crippen LogP contribution in [0.1, 0.15) is 31.9 Å². The molecule has 22 aromatic rings. The first-order valence-electron chi connectivity index (χ1n) is 41.7. The Kier molecular flexibility index (Phi) is 20.3. The summed E-state index contributed by atoms with van der Waals surface area (Å²) in [7, 11) is 1.71. The van der Waals surface area contributed by atoms with E-state index >= 15 is 0 Å². The smallest absolute Gasteiger partial charge is 0.227 e. The van der Waals surface area contributed by atoms with E-state index in [0.717, 1.165) is 129 Å². The van der Waals surface area contributed by atoms with E-state index in [1.165, 1.54) is 72.9 Å². The van der Waals surface area contributed by atoms with Gasteiger partial charge in [0.1, 0.15) is 21.8 Å². The maximum absolute atomic E-state index is 6.27. The second kappa shape index (κ2) is 33.0. The number of para-hydroxylation sites is 8. The molecular formula is C112H81N7O3S3. The van der Waals surface area contributed by atoms with Gasteiger partial charge >= 0.3 is 0 Å². The first-order chi connectivity index (χ1) is 61.4. The second-order valence-electron chi connectivity index (χ2n) is 31.9. The Morgan fingerprint density at radius 1 is 0.304 bits per heavy atom. The predicted octanol–water partition coefficient (Wildman–Crippen LogP) is 33.2. The number of aromatic nitrogens is 3. The number of rotatable bonds is 19. The summed E-state index contributed by atoms with van der Waals surface area (Å²) in [5.41, 5.74) is 27.0. The molecule has 0 atom stereocenters. The number of ether oxygens (including phenoxy) is 1. The molecule has 0 fully saturated rings. The quantitative estimate of drug-likeness (QED) is 0.0780. The SMILES string of the molecule is C=Cc1cccc(N(c2ccc(-c3nc4ccccc4s3)cc2)c2ccc3c(c2)sc2c(C(C)(C)C)ccc(N(c4ccccc4)c4cccc(-c5nc6ccccc6o5)c4)c23)c1.COc1cccc(N(c2ccccc2)c2ccc(-c3ccc4sc5ccc(-c6ccc(N(c7ccccc7)c7ccc(-c8nc9ccccc9o8)cc7)cc6)cc5c4c3)cc2)c1. The van der Waals surface area contributed by atoms with Gasteiger partial charge in [-0.2, -0.15) is 0 Å². The number of hydrogen-bond acceptors (Lipinski definition) is 13. The van der Waals surface area contributed by atoms with Gasteiger partial charge in [0.25, 0.3) is 0 Å². The Labute approximate surface area is 736 Å². The van der Waals surface area contributed by atoms with E-state index in [-0.39, 0.29) is 5.41 Å². The van der Waals surface area contributed by atoms with Gasteiger partial charge in [0.05, 0.1) is 23.0 Å². The number of fused-ring (bicyclic) bond motifs is 9. The van der Waals surface area contributed by atoms with Gasteiger partial charge < -0.3 is 33.2 Å². The standard InChI is InChI=1S/C56H42N4OS2.C56H39N3O2S/c1-5-36-15-13-19-41(33-36)59(40-27-25-37(26-28-40)55-58-47-22-10-12-24-50(47)63-55)43-29-30-44-51(35-43)62-53-45(56(2,3)4)31-32-48(52(44)53)60(39-17-7-6-8-18-39)42-20-14-16-38(34-42)54-57-46-21-9-11-23-49(46)61-54;1-60-49-16-10-15-48(37-49)59(44-13-6-3-7-14-44)47-29-21-39(22-30-47)42-26-34-55-51(36-42)50-35-41(25-33-54(50)62-55)38-19-27-45(28-20-38)58(43-11-4-2-5-12-43)46-31-23-40(24-32-46)56-57-52-17-8-9-18-53(52)61-56/h5-35H,1H2,2-4H3;2-37H,1H3. The summed E-state index contributed by atoms with van der Waals surface area (Å²) in [5, 5.41) is 5.99. The Morgan fingerprint density at radius 2 is 0.744 bits per heavy atom. The van der Waals surface area contributed by atoms with Crippen molar-refractivity contribution < 1.29 is 13.6 Å². The Balaban J connectivity index is 0.000000153. The molecule has 22 rings (SSSR count). The normalized spacial score (nSPS) is 11.6. The van der Waals surface area contributed by atoms with Crippen molar-refractivity contribution in [2.75, 3.05) is 26.7 Å². The third-order valence-electron chi connectivity index (χ3n) is 23.0. The Hall–Kier alpha value is -15.3. The molecule has 10 nitrogen and oxygen atoms in total. The fourth-order valence-electron chi connectivity index (χ4n) is 16.8. The number of methoxy groups -OCH3 is 1. The largest absolute Gasteiger partial charge is 0.497 e. The highest BCUT2D eigenvalue weighted by Crippen LogP contribution is 2.52. The molecule has 5 heterocycles. The molecule has 0 amide bonds. The predicted molar refractivity (Wildman–Crippen MR) is 528 cm³/mol. The molecule has 0 saturated carbocycles. The zero-order valence-corrected chi connectivity index (χ0v) is 71.4. The summed E-state index contributed by atoms with van der Waals surface area (Å²) in [6.07, 6.45) is 1.91. The topological polar surface area (TPSA) is 87.1 Å². The minimum atomic E-state index is -0.0902. The van der Waals surface area contributed by atoms with E-state index < -0.39 is 0 Å². The minimum absolute atomic E-state index is 0.0902. The van der Waals surface area contributed by atoms with E-state index in [2.05, 4.69) is 375 Å². The molecular weight excluding hydrogens is 1590 g/mol. The number of oxazole rings is 2. The van der Waals surface area contributed by atoms with Crippen molar-refractivity contribution in [1.29, 1.82) is 0 Å². The fraction of sp³-hybridized carbons (Fsp3) is 0.0446. The fourth-order valence-corrected chi connectivity index (χ4v) is 20.3. The van der Waals surface area contributed by atoms with Crippen LogP contribution >= 0.6 is 34.0 Å². The van der Waals surface area contributed by atoms with Crippen molar-refractivity contribution in [3.05, 3.63) is 418 Å². The van der Waals surface area contributed by atoms with Gasteiger partial charge in [-0.3, -0.25) is 0 Å². The molecule has 125 heavy (non-hydrogen) atoms. The van der Waals surface area contributed by atoms with Crippen LogP contribution in [0.5, 0.6) is 5.75 Å². The van der Waals surface area contributed by atoms with Gasteiger partial charge in [-0.25, -0.2) is 15.0 Å². The number of hydrogen-bond donors (Lipinski definition) is 0. The molecule has 0 aliphatic carbocycles. The maximum Gasteiger partial charge on any atom is 0.227 e. The number of thiazole rings is 1. The zero-order valence-electron chi connectivity index (χ0n) is 69.0. The summed E-state index contributed by atoms with van der Waals surface area (Å²) >= 11 is 5.44. The lowest BCUT2D eigenvalue weighted by Crippen LogP contribution is -2.14. The molecule has 0 spiro atoms.